The van der Waals surface area contributed by atoms with E-state index >= 15 is 0 Å². The van der Waals surface area contributed by atoms with Crippen LogP contribution >= 0.6 is 0 Å². The summed E-state index contributed by atoms with van der Waals surface area (Å²) >= 11 is 0. The van der Waals surface area contributed by atoms with E-state index in [-0.39, 0.29) is 11.5 Å². The number of benzene rings is 1. The Morgan fingerprint density at radius 2 is 1.89 bits per heavy atom. The molecule has 0 spiro atoms. The van der Waals surface area contributed by atoms with E-state index in [1.165, 1.54) is 0 Å². The van der Waals surface area contributed by atoms with Gasteiger partial charge < -0.3 is 5.11 Å². The highest BCUT2D eigenvalue weighted by Crippen LogP contribution is 2.35. The Morgan fingerprint density at radius 3 is 2.39 bits per heavy atom. The number of aliphatic carboxylic acids is 1. The Morgan fingerprint density at radius 1 is 1.33 bits per heavy atom. The smallest absolute Gasteiger partial charge is 0.331 e. The molecule has 0 fully saturated rings. The minimum Gasteiger partial charge on any atom is -0.478 e. The number of allylic oxidation sites excluding steroid dienone is 1. The Kier molecular flexibility index (Phi) is 4.49. The monoisotopic (exact) mass is 244 g/mol. The van der Waals surface area contributed by atoms with Crippen LogP contribution < -0.4 is 0 Å². The van der Waals surface area contributed by atoms with Crippen molar-refractivity contribution in [2.75, 3.05) is 0 Å². The lowest BCUT2D eigenvalue weighted by Crippen LogP contribution is -2.26. The quantitative estimate of drug-likeness (QED) is 0.795. The molecule has 1 atom stereocenters. The summed E-state index contributed by atoms with van der Waals surface area (Å²) in [6, 6.07) is 9.96. The molecule has 2 nitrogen and oxygen atoms in total. The molecule has 1 N–H and O–H groups in total. The Labute approximate surface area is 109 Å². The Hall–Kier alpha value is -1.83. The van der Waals surface area contributed by atoms with Crippen molar-refractivity contribution in [3.63, 3.8) is 0 Å². The van der Waals surface area contributed by atoms with Crippen molar-refractivity contribution in [3.05, 3.63) is 54.1 Å². The summed E-state index contributed by atoms with van der Waals surface area (Å²) < 4.78 is 0. The molecule has 96 valence electrons. The zero-order valence-electron chi connectivity index (χ0n) is 11.2. The van der Waals surface area contributed by atoms with Gasteiger partial charge in [-0.25, -0.2) is 4.79 Å². The van der Waals surface area contributed by atoms with Gasteiger partial charge in [0.25, 0.3) is 0 Å². The lowest BCUT2D eigenvalue weighted by Gasteiger charge is -2.29. The van der Waals surface area contributed by atoms with Crippen molar-refractivity contribution in [2.45, 2.75) is 20.8 Å². The minimum absolute atomic E-state index is 0.0984. The van der Waals surface area contributed by atoms with Crippen molar-refractivity contribution in [1.82, 2.24) is 0 Å². The van der Waals surface area contributed by atoms with Crippen LogP contribution in [0.4, 0.5) is 0 Å². The van der Waals surface area contributed by atoms with Gasteiger partial charge in [-0.15, -0.1) is 0 Å². The molecule has 0 aliphatic heterocycles. The van der Waals surface area contributed by atoms with Crippen LogP contribution in [0, 0.1) is 11.3 Å². The normalized spacial score (nSPS) is 13.5. The molecule has 1 aromatic rings. The van der Waals surface area contributed by atoms with Crippen molar-refractivity contribution in [2.24, 2.45) is 11.3 Å². The van der Waals surface area contributed by atoms with Gasteiger partial charge in [-0.3, -0.25) is 0 Å². The lowest BCUT2D eigenvalue weighted by molar-refractivity contribution is -0.134. The molecule has 1 unspecified atom stereocenters. The van der Waals surface area contributed by atoms with E-state index in [1.54, 1.807) is 0 Å². The molecule has 0 aromatic heterocycles. The predicted octanol–water partition coefficient (Wildman–Crippen LogP) is 4.00. The second kappa shape index (κ2) is 5.67. The summed E-state index contributed by atoms with van der Waals surface area (Å²) in [5.74, 6) is -0.832. The second-order valence-corrected chi connectivity index (χ2v) is 5.06. The first-order valence-electron chi connectivity index (χ1n) is 6.01. The molecule has 0 saturated heterocycles. The first kappa shape index (κ1) is 14.2. The first-order valence-corrected chi connectivity index (χ1v) is 6.01. The van der Waals surface area contributed by atoms with Crippen LogP contribution in [0.25, 0.3) is 6.08 Å². The van der Waals surface area contributed by atoms with E-state index < -0.39 is 11.4 Å². The number of carboxylic acid groups (broad SMARTS) is 1. The Balaban J connectivity index is 2.82. The van der Waals surface area contributed by atoms with E-state index in [4.69, 9.17) is 5.11 Å². The molecule has 0 amide bonds. The summed E-state index contributed by atoms with van der Waals surface area (Å²) in [4.78, 5) is 11.0. The second-order valence-electron chi connectivity index (χ2n) is 5.06. The van der Waals surface area contributed by atoms with E-state index in [0.29, 0.717) is 0 Å². The highest BCUT2D eigenvalue weighted by Gasteiger charge is 2.31. The zero-order valence-corrected chi connectivity index (χ0v) is 11.2. The van der Waals surface area contributed by atoms with Crippen LogP contribution in [0.3, 0.4) is 0 Å². The van der Waals surface area contributed by atoms with Gasteiger partial charge in [0, 0.05) is 11.0 Å². The van der Waals surface area contributed by atoms with Crippen LogP contribution in [0.1, 0.15) is 26.3 Å². The SMILES string of the molecule is C=C(C(=O)O)C(C)(C)C(C)C=Cc1ccccc1. The third kappa shape index (κ3) is 3.33. The summed E-state index contributed by atoms with van der Waals surface area (Å²) in [6.07, 6.45) is 4.05. The molecule has 0 radical (unpaired) electrons. The summed E-state index contributed by atoms with van der Waals surface area (Å²) in [7, 11) is 0. The standard InChI is InChI=1S/C16H20O2/c1-12(16(3,4)13(2)15(17)18)10-11-14-8-6-5-7-9-14/h5-12H,2H2,1,3-4H3,(H,17,18). The van der Waals surface area contributed by atoms with Gasteiger partial charge in [0.1, 0.15) is 0 Å². The number of rotatable bonds is 5. The molecule has 2 heteroatoms. The van der Waals surface area contributed by atoms with Crippen LogP contribution in [0.2, 0.25) is 0 Å². The molecule has 0 aliphatic rings. The predicted molar refractivity (Wildman–Crippen MR) is 75.2 cm³/mol. The average Bonchev–Trinajstić information content (AvgIpc) is 2.35. The van der Waals surface area contributed by atoms with E-state index in [0.717, 1.165) is 5.56 Å². The molecule has 1 rings (SSSR count). The minimum atomic E-state index is -0.931. The molecule has 0 bridgehead atoms. The maximum absolute atomic E-state index is 11.0. The molecular weight excluding hydrogens is 224 g/mol. The number of hydrogen-bond donors (Lipinski definition) is 1. The van der Waals surface area contributed by atoms with Crippen molar-refractivity contribution in [3.8, 4) is 0 Å². The maximum atomic E-state index is 11.0. The van der Waals surface area contributed by atoms with Crippen LogP contribution in [0.5, 0.6) is 0 Å². The molecule has 0 heterocycles. The lowest BCUT2D eigenvalue weighted by atomic mass is 9.74. The first-order chi connectivity index (χ1) is 8.35. The Bertz CT molecular complexity index is 455. The largest absolute Gasteiger partial charge is 0.478 e. The van der Waals surface area contributed by atoms with Crippen LogP contribution in [-0.4, -0.2) is 11.1 Å². The number of hydrogen-bond acceptors (Lipinski definition) is 1. The fourth-order valence-corrected chi connectivity index (χ4v) is 1.61. The van der Waals surface area contributed by atoms with E-state index in [1.807, 2.05) is 63.3 Å². The van der Waals surface area contributed by atoms with E-state index in [2.05, 4.69) is 6.58 Å². The van der Waals surface area contributed by atoms with Gasteiger partial charge in [0.2, 0.25) is 0 Å². The van der Waals surface area contributed by atoms with Crippen LogP contribution in [0.15, 0.2) is 48.6 Å². The third-order valence-electron chi connectivity index (χ3n) is 3.55. The summed E-state index contributed by atoms with van der Waals surface area (Å²) in [5, 5.41) is 9.03. The molecule has 0 aliphatic carbocycles. The number of carbonyl (C=O) groups is 1. The van der Waals surface area contributed by atoms with Gasteiger partial charge in [0.15, 0.2) is 0 Å². The van der Waals surface area contributed by atoms with Crippen LogP contribution in [-0.2, 0) is 4.79 Å². The average molecular weight is 244 g/mol. The molecule has 0 saturated carbocycles. The van der Waals surface area contributed by atoms with E-state index in [9.17, 15) is 4.79 Å². The summed E-state index contributed by atoms with van der Waals surface area (Å²) in [5.41, 5.74) is 0.894. The maximum Gasteiger partial charge on any atom is 0.331 e. The van der Waals surface area contributed by atoms with Crippen molar-refractivity contribution < 1.29 is 9.90 Å². The third-order valence-corrected chi connectivity index (χ3v) is 3.55. The van der Waals surface area contributed by atoms with Gasteiger partial charge in [-0.05, 0) is 11.5 Å². The van der Waals surface area contributed by atoms with Gasteiger partial charge >= 0.3 is 5.97 Å². The fraction of sp³-hybridized carbons (Fsp3) is 0.312. The number of carboxylic acids is 1. The van der Waals surface area contributed by atoms with Gasteiger partial charge in [-0.2, -0.15) is 0 Å². The highest BCUT2D eigenvalue weighted by molar-refractivity contribution is 5.87. The highest BCUT2D eigenvalue weighted by atomic mass is 16.4. The fourth-order valence-electron chi connectivity index (χ4n) is 1.61. The zero-order chi connectivity index (χ0) is 13.8. The van der Waals surface area contributed by atoms with Crippen molar-refractivity contribution in [1.29, 1.82) is 0 Å². The summed E-state index contributed by atoms with van der Waals surface area (Å²) in [6.45, 7) is 9.49. The topological polar surface area (TPSA) is 37.3 Å². The van der Waals surface area contributed by atoms with Gasteiger partial charge in [-0.1, -0.05) is 69.8 Å². The molecular formula is C16H20O2. The molecule has 18 heavy (non-hydrogen) atoms. The van der Waals surface area contributed by atoms with Gasteiger partial charge in [0.05, 0.1) is 0 Å². The molecule has 1 aromatic carbocycles. The van der Waals surface area contributed by atoms with Crippen molar-refractivity contribution >= 4 is 12.0 Å².